The molecule has 1 heterocycles. The molecule has 1 aliphatic heterocycles. The number of methoxy groups -OCH3 is 1. The van der Waals surface area contributed by atoms with Gasteiger partial charge < -0.3 is 20.7 Å². The van der Waals surface area contributed by atoms with Gasteiger partial charge in [0.2, 0.25) is 5.91 Å². The first-order valence-electron chi connectivity index (χ1n) is 8.89. The number of ether oxygens (including phenoxy) is 1. The molecule has 0 unspecified atom stereocenters. The van der Waals surface area contributed by atoms with Crippen LogP contribution in [0.1, 0.15) is 28.3 Å². The lowest BCUT2D eigenvalue weighted by Gasteiger charge is -2.21. The number of nitrogens with one attached hydrogen (secondary N) is 3. The van der Waals surface area contributed by atoms with E-state index in [9.17, 15) is 13.6 Å². The van der Waals surface area contributed by atoms with Gasteiger partial charge in [0.25, 0.3) is 6.43 Å². The monoisotopic (exact) mass is 409 g/mol. The lowest BCUT2D eigenvalue weighted by Crippen LogP contribution is -2.36. The molecule has 8 heteroatoms. The number of alkyl halides is 2. The topological polar surface area (TPSA) is 62.4 Å². The van der Waals surface area contributed by atoms with Crippen molar-refractivity contribution in [1.29, 1.82) is 0 Å². The summed E-state index contributed by atoms with van der Waals surface area (Å²) in [6.07, 6.45) is -2.63. The average Bonchev–Trinajstić information content (AvgIpc) is 3.11. The molecule has 2 aromatic rings. The molecular formula is C20H22ClF2N3O2. The maximum Gasteiger partial charge on any atom is 0.255 e. The number of amides is 1. The maximum atomic E-state index is 12.7. The lowest BCUT2D eigenvalue weighted by molar-refractivity contribution is -0.122. The van der Waals surface area contributed by atoms with Crippen LogP contribution in [-0.2, 0) is 29.2 Å². The van der Waals surface area contributed by atoms with E-state index in [-0.39, 0.29) is 0 Å². The van der Waals surface area contributed by atoms with Gasteiger partial charge >= 0.3 is 0 Å². The van der Waals surface area contributed by atoms with Crippen molar-refractivity contribution < 1.29 is 18.3 Å². The van der Waals surface area contributed by atoms with E-state index in [1.54, 1.807) is 25.3 Å². The molecule has 5 nitrogen and oxygen atoms in total. The van der Waals surface area contributed by atoms with E-state index in [0.29, 0.717) is 17.2 Å². The summed E-state index contributed by atoms with van der Waals surface area (Å²) in [7, 11) is 1.56. The minimum Gasteiger partial charge on any atom is -0.380 e. The number of anilines is 1. The Balaban J connectivity index is 1.89. The molecule has 1 amide bonds. The zero-order valence-corrected chi connectivity index (χ0v) is 16.2. The van der Waals surface area contributed by atoms with Crippen LogP contribution in [0.15, 0.2) is 36.4 Å². The van der Waals surface area contributed by atoms with E-state index in [1.807, 2.05) is 18.2 Å². The normalized spacial score (nSPS) is 14.0. The van der Waals surface area contributed by atoms with Crippen molar-refractivity contribution in [2.24, 2.45) is 0 Å². The number of carbonyl (C=O) groups excluding carboxylic acids is 1. The van der Waals surface area contributed by atoms with Crippen molar-refractivity contribution in [2.75, 3.05) is 19.0 Å². The summed E-state index contributed by atoms with van der Waals surface area (Å²) in [5.41, 5.74) is 4.44. The summed E-state index contributed by atoms with van der Waals surface area (Å²) in [5.74, 6) is -0.551. The van der Waals surface area contributed by atoms with Crippen molar-refractivity contribution in [2.45, 2.75) is 32.2 Å². The molecule has 0 saturated heterocycles. The molecule has 150 valence electrons. The molecule has 1 atom stereocenters. The summed E-state index contributed by atoms with van der Waals surface area (Å²) in [6.45, 7) is 1.17. The van der Waals surface area contributed by atoms with E-state index in [4.69, 9.17) is 16.3 Å². The smallest absolute Gasteiger partial charge is 0.255 e. The molecule has 0 aromatic heterocycles. The molecule has 0 saturated carbocycles. The third-order valence-electron chi connectivity index (χ3n) is 4.47. The Morgan fingerprint density at radius 2 is 2.00 bits per heavy atom. The fourth-order valence-electron chi connectivity index (χ4n) is 3.22. The van der Waals surface area contributed by atoms with E-state index in [1.165, 1.54) is 5.56 Å². The van der Waals surface area contributed by atoms with Gasteiger partial charge in [-0.2, -0.15) is 0 Å². The highest BCUT2D eigenvalue weighted by Crippen LogP contribution is 2.27. The maximum absolute atomic E-state index is 12.7. The van der Waals surface area contributed by atoms with Crippen molar-refractivity contribution in [3.63, 3.8) is 0 Å². The SMILES string of the molecule is COCc1cc(Cl)cc([C@H](Nc2ccc3c(c2)CNC3)C(=O)NCC(F)F)c1. The number of fused-ring (bicyclic) bond motifs is 1. The zero-order chi connectivity index (χ0) is 20.1. The standard InChI is InChI=1S/C20H22ClF2N3O2/c1-28-11-12-4-14(6-16(21)5-12)19(20(27)25-10-18(22)23)26-17-3-2-13-8-24-9-15(13)7-17/h2-7,18-19,24,26H,8-11H2,1H3,(H,25,27)/t19-/m0/s1. The summed E-state index contributed by atoms with van der Waals surface area (Å²) < 4.78 is 30.3. The first kappa shape index (κ1) is 20.5. The molecule has 0 spiro atoms. The van der Waals surface area contributed by atoms with Crippen LogP contribution in [0.4, 0.5) is 14.5 Å². The van der Waals surface area contributed by atoms with Gasteiger partial charge in [-0.05, 0) is 46.5 Å². The fraction of sp³-hybridized carbons (Fsp3) is 0.350. The minimum absolute atomic E-state index is 0.323. The molecule has 3 rings (SSSR count). The molecule has 0 aliphatic carbocycles. The number of hydrogen-bond donors (Lipinski definition) is 3. The molecule has 0 bridgehead atoms. The van der Waals surface area contributed by atoms with Gasteiger partial charge in [0.1, 0.15) is 6.04 Å². The average molecular weight is 410 g/mol. The van der Waals surface area contributed by atoms with Crippen LogP contribution in [0.5, 0.6) is 0 Å². The van der Waals surface area contributed by atoms with Crippen LogP contribution in [0.25, 0.3) is 0 Å². The number of benzene rings is 2. The predicted molar refractivity (Wildman–Crippen MR) is 105 cm³/mol. The van der Waals surface area contributed by atoms with Crippen LogP contribution in [0.3, 0.4) is 0 Å². The summed E-state index contributed by atoms with van der Waals surface area (Å²) >= 11 is 6.20. The Bertz CT molecular complexity index is 848. The Morgan fingerprint density at radius 1 is 1.21 bits per heavy atom. The van der Waals surface area contributed by atoms with Gasteiger partial charge in [0.15, 0.2) is 0 Å². The molecule has 2 aromatic carbocycles. The highest BCUT2D eigenvalue weighted by atomic mass is 35.5. The number of rotatable bonds is 8. The Hall–Kier alpha value is -2.22. The van der Waals surface area contributed by atoms with E-state index in [0.717, 1.165) is 29.9 Å². The van der Waals surface area contributed by atoms with Crippen molar-refractivity contribution in [3.8, 4) is 0 Å². The molecule has 1 aliphatic rings. The van der Waals surface area contributed by atoms with E-state index in [2.05, 4.69) is 16.0 Å². The van der Waals surface area contributed by atoms with Gasteiger partial charge in [0, 0.05) is 30.9 Å². The van der Waals surface area contributed by atoms with Crippen molar-refractivity contribution >= 4 is 23.2 Å². The van der Waals surface area contributed by atoms with Gasteiger partial charge in [-0.3, -0.25) is 4.79 Å². The number of hydrogen-bond acceptors (Lipinski definition) is 4. The first-order chi connectivity index (χ1) is 13.5. The van der Waals surface area contributed by atoms with Crippen LogP contribution < -0.4 is 16.0 Å². The van der Waals surface area contributed by atoms with Gasteiger partial charge in [-0.1, -0.05) is 23.7 Å². The second-order valence-corrected chi connectivity index (χ2v) is 7.06. The Morgan fingerprint density at radius 3 is 2.75 bits per heavy atom. The second-order valence-electron chi connectivity index (χ2n) is 6.63. The second kappa shape index (κ2) is 9.32. The van der Waals surface area contributed by atoms with Crippen molar-refractivity contribution in [1.82, 2.24) is 10.6 Å². The summed E-state index contributed by atoms with van der Waals surface area (Å²) in [5, 5.41) is 9.15. The first-order valence-corrected chi connectivity index (χ1v) is 9.27. The number of halogens is 3. The molecule has 3 N–H and O–H groups in total. The number of carbonyl (C=O) groups is 1. The quantitative estimate of drug-likeness (QED) is 0.623. The molecule has 28 heavy (non-hydrogen) atoms. The molecular weight excluding hydrogens is 388 g/mol. The van der Waals surface area contributed by atoms with Crippen molar-refractivity contribution in [3.05, 3.63) is 63.7 Å². The molecule has 0 fully saturated rings. The third-order valence-corrected chi connectivity index (χ3v) is 4.68. The Kier molecular flexibility index (Phi) is 6.83. The van der Waals surface area contributed by atoms with E-state index < -0.39 is 24.9 Å². The Labute approximate surface area is 167 Å². The molecule has 0 radical (unpaired) electrons. The van der Waals surface area contributed by atoms with Crippen LogP contribution in [0.2, 0.25) is 5.02 Å². The van der Waals surface area contributed by atoms with Crippen LogP contribution >= 0.6 is 11.6 Å². The highest BCUT2D eigenvalue weighted by Gasteiger charge is 2.23. The van der Waals surface area contributed by atoms with Gasteiger partial charge in [0.05, 0.1) is 13.2 Å². The van der Waals surface area contributed by atoms with Crippen LogP contribution in [0, 0.1) is 0 Å². The highest BCUT2D eigenvalue weighted by molar-refractivity contribution is 6.30. The van der Waals surface area contributed by atoms with E-state index >= 15 is 0 Å². The summed E-state index contributed by atoms with van der Waals surface area (Å²) in [4.78, 5) is 12.7. The summed E-state index contributed by atoms with van der Waals surface area (Å²) in [6, 6.07) is 10.1. The van der Waals surface area contributed by atoms with Gasteiger partial charge in [-0.15, -0.1) is 0 Å². The van der Waals surface area contributed by atoms with Crippen LogP contribution in [-0.4, -0.2) is 26.0 Å². The fourth-order valence-corrected chi connectivity index (χ4v) is 3.49. The zero-order valence-electron chi connectivity index (χ0n) is 15.4. The lowest BCUT2D eigenvalue weighted by atomic mass is 10.0. The largest absolute Gasteiger partial charge is 0.380 e. The predicted octanol–water partition coefficient (Wildman–Crippen LogP) is 3.62. The third kappa shape index (κ3) is 5.19. The van der Waals surface area contributed by atoms with Gasteiger partial charge in [-0.25, -0.2) is 8.78 Å². The minimum atomic E-state index is -2.63.